The minimum Gasteiger partial charge on any atom is -0.347 e. The van der Waals surface area contributed by atoms with Crippen molar-refractivity contribution in [2.75, 3.05) is 10.6 Å². The van der Waals surface area contributed by atoms with Crippen molar-refractivity contribution in [3.8, 4) is 5.69 Å². The van der Waals surface area contributed by atoms with E-state index in [0.29, 0.717) is 21.5 Å². The van der Waals surface area contributed by atoms with E-state index in [-0.39, 0.29) is 11.5 Å². The molecule has 0 saturated heterocycles. The molecule has 6 nitrogen and oxygen atoms in total. The number of benzene rings is 3. The summed E-state index contributed by atoms with van der Waals surface area (Å²) in [7, 11) is 0. The minimum absolute atomic E-state index is 0.130. The van der Waals surface area contributed by atoms with Gasteiger partial charge in [-0.05, 0) is 72.4 Å². The predicted molar refractivity (Wildman–Crippen MR) is 141 cm³/mol. The fourth-order valence-corrected chi connectivity index (χ4v) is 3.70. The maximum Gasteiger partial charge on any atom is 0.255 e. The number of hydrogen-bond donors (Lipinski definition) is 3. The number of aromatic nitrogens is 1. The number of nitrogens with zero attached hydrogens (tertiary/aromatic N) is 1. The molecule has 0 saturated carbocycles. The fourth-order valence-electron chi connectivity index (χ4n) is 3.34. The lowest BCUT2D eigenvalue weighted by atomic mass is 10.1. The molecule has 1 heterocycles. The van der Waals surface area contributed by atoms with Gasteiger partial charge in [-0.2, -0.15) is 0 Å². The van der Waals surface area contributed by atoms with E-state index >= 15 is 0 Å². The molecule has 0 spiro atoms. The first-order chi connectivity index (χ1) is 16.5. The Morgan fingerprint density at radius 2 is 1.41 bits per heavy atom. The second kappa shape index (κ2) is 10.8. The maximum atomic E-state index is 13.2. The third-order valence-electron chi connectivity index (χ3n) is 5.01. The summed E-state index contributed by atoms with van der Waals surface area (Å²) in [5.41, 5.74) is 2.68. The van der Waals surface area contributed by atoms with Crippen molar-refractivity contribution >= 4 is 46.2 Å². The van der Waals surface area contributed by atoms with Gasteiger partial charge in [0, 0.05) is 34.3 Å². The van der Waals surface area contributed by atoms with Crippen LogP contribution in [0.15, 0.2) is 108 Å². The molecule has 0 aliphatic rings. The summed E-state index contributed by atoms with van der Waals surface area (Å²) >= 11 is 11.4. The van der Waals surface area contributed by atoms with E-state index in [1.54, 1.807) is 66.9 Å². The summed E-state index contributed by atoms with van der Waals surface area (Å²) in [6.07, 6.45) is 1.69. The molecule has 0 bridgehead atoms. The number of carbonyl (C=O) groups excluding carboxylic acids is 1. The van der Waals surface area contributed by atoms with Gasteiger partial charge < -0.3 is 16.0 Å². The van der Waals surface area contributed by atoms with Gasteiger partial charge in [0.15, 0.2) is 5.11 Å². The van der Waals surface area contributed by atoms with Crippen LogP contribution in [-0.2, 0) is 4.79 Å². The van der Waals surface area contributed by atoms with E-state index < -0.39 is 6.04 Å². The van der Waals surface area contributed by atoms with Crippen LogP contribution < -0.4 is 21.5 Å². The number of rotatable bonds is 6. The smallest absolute Gasteiger partial charge is 0.255 e. The molecular weight excluding hydrogens is 468 g/mol. The number of pyridine rings is 1. The van der Waals surface area contributed by atoms with Crippen LogP contribution in [0.2, 0.25) is 5.02 Å². The normalized spacial score (nSPS) is 11.3. The van der Waals surface area contributed by atoms with Crippen LogP contribution in [-0.4, -0.2) is 15.6 Å². The summed E-state index contributed by atoms with van der Waals surface area (Å²) in [6, 6.07) is 27.7. The molecule has 0 aliphatic carbocycles. The molecule has 0 unspecified atom stereocenters. The molecule has 0 fully saturated rings. The molecule has 0 radical (unpaired) electrons. The zero-order chi connectivity index (χ0) is 23.9. The Bertz CT molecular complexity index is 1340. The highest BCUT2D eigenvalue weighted by Crippen LogP contribution is 2.19. The molecular formula is C26H21ClN4O2S. The van der Waals surface area contributed by atoms with Crippen LogP contribution in [0.25, 0.3) is 5.69 Å². The first-order valence-corrected chi connectivity index (χ1v) is 11.3. The van der Waals surface area contributed by atoms with Gasteiger partial charge in [0.1, 0.15) is 6.04 Å². The lowest BCUT2D eigenvalue weighted by Gasteiger charge is -2.21. The van der Waals surface area contributed by atoms with Gasteiger partial charge in [0.25, 0.3) is 11.5 Å². The Morgan fingerprint density at radius 1 is 0.794 bits per heavy atom. The standard InChI is InChI=1S/C26H21ClN4O2S/c27-19-9-11-21(12-10-19)29-26(34)30-24(18-6-2-1-3-7-18)25(33)28-20-13-15-22(16-14-20)31-17-5-4-8-23(31)32/h1-17,24H,(H,28,33)(H2,29,30,34)/t24-/m1/s1. The molecule has 3 N–H and O–H groups in total. The lowest BCUT2D eigenvalue weighted by Crippen LogP contribution is -2.39. The van der Waals surface area contributed by atoms with E-state index in [2.05, 4.69) is 16.0 Å². The minimum atomic E-state index is -0.732. The summed E-state index contributed by atoms with van der Waals surface area (Å²) in [5, 5.41) is 9.99. The van der Waals surface area contributed by atoms with Crippen LogP contribution in [0.3, 0.4) is 0 Å². The van der Waals surface area contributed by atoms with Gasteiger partial charge >= 0.3 is 0 Å². The van der Waals surface area contributed by atoms with Crippen molar-refractivity contribution in [2.45, 2.75) is 6.04 Å². The Labute approximate surface area is 207 Å². The number of hydrogen-bond acceptors (Lipinski definition) is 3. The summed E-state index contributed by atoms with van der Waals surface area (Å²) in [5.74, 6) is -0.281. The average Bonchev–Trinajstić information content (AvgIpc) is 2.85. The summed E-state index contributed by atoms with van der Waals surface area (Å²) < 4.78 is 1.53. The fraction of sp³-hybridized carbons (Fsp3) is 0.0385. The average molecular weight is 489 g/mol. The number of halogens is 1. The third-order valence-corrected chi connectivity index (χ3v) is 5.48. The predicted octanol–water partition coefficient (Wildman–Crippen LogP) is 5.16. The van der Waals surface area contributed by atoms with E-state index in [1.165, 1.54) is 10.6 Å². The monoisotopic (exact) mass is 488 g/mol. The number of carbonyl (C=O) groups is 1. The van der Waals surface area contributed by atoms with Crippen LogP contribution in [0.4, 0.5) is 11.4 Å². The largest absolute Gasteiger partial charge is 0.347 e. The zero-order valence-electron chi connectivity index (χ0n) is 17.9. The second-order valence-electron chi connectivity index (χ2n) is 7.39. The van der Waals surface area contributed by atoms with E-state index in [4.69, 9.17) is 23.8 Å². The molecule has 8 heteroatoms. The highest BCUT2D eigenvalue weighted by molar-refractivity contribution is 7.80. The molecule has 4 rings (SSSR count). The molecule has 1 aromatic heterocycles. The van der Waals surface area contributed by atoms with Gasteiger partial charge in [-0.1, -0.05) is 48.0 Å². The highest BCUT2D eigenvalue weighted by Gasteiger charge is 2.21. The quantitative estimate of drug-likeness (QED) is 0.327. The van der Waals surface area contributed by atoms with Crippen LogP contribution in [0.5, 0.6) is 0 Å². The first-order valence-electron chi connectivity index (χ1n) is 10.5. The van der Waals surface area contributed by atoms with Crippen LogP contribution in [0.1, 0.15) is 11.6 Å². The Kier molecular flexibility index (Phi) is 7.37. The molecule has 4 aromatic rings. The highest BCUT2D eigenvalue weighted by atomic mass is 35.5. The summed E-state index contributed by atoms with van der Waals surface area (Å²) in [4.78, 5) is 25.3. The maximum absolute atomic E-state index is 13.2. The van der Waals surface area contributed by atoms with Gasteiger partial charge in [-0.25, -0.2) is 0 Å². The van der Waals surface area contributed by atoms with Gasteiger partial charge in [0.05, 0.1) is 0 Å². The molecule has 170 valence electrons. The SMILES string of the molecule is O=C(Nc1ccc(-n2ccccc2=O)cc1)[C@H](NC(=S)Nc1ccc(Cl)cc1)c1ccccc1. The van der Waals surface area contributed by atoms with Gasteiger partial charge in [-0.3, -0.25) is 14.2 Å². The summed E-state index contributed by atoms with van der Waals surface area (Å²) in [6.45, 7) is 0. The van der Waals surface area contributed by atoms with Crippen molar-refractivity contribution < 1.29 is 4.79 Å². The molecule has 0 aliphatic heterocycles. The van der Waals surface area contributed by atoms with Gasteiger partial charge in [0.2, 0.25) is 0 Å². The number of nitrogens with one attached hydrogen (secondary N) is 3. The Hall–Kier alpha value is -3.94. The lowest BCUT2D eigenvalue weighted by molar-refractivity contribution is -0.117. The van der Waals surface area contributed by atoms with E-state index in [1.807, 2.05) is 30.3 Å². The Balaban J connectivity index is 1.49. The number of thiocarbonyl (C=S) groups is 1. The Morgan fingerprint density at radius 3 is 2.09 bits per heavy atom. The van der Waals surface area contributed by atoms with Crippen molar-refractivity contribution in [3.63, 3.8) is 0 Å². The number of amides is 1. The van der Waals surface area contributed by atoms with Crippen molar-refractivity contribution in [1.82, 2.24) is 9.88 Å². The molecule has 3 aromatic carbocycles. The first kappa shape index (κ1) is 23.2. The van der Waals surface area contributed by atoms with E-state index in [9.17, 15) is 9.59 Å². The topological polar surface area (TPSA) is 75.2 Å². The van der Waals surface area contributed by atoms with Crippen LogP contribution >= 0.6 is 23.8 Å². The molecule has 34 heavy (non-hydrogen) atoms. The van der Waals surface area contributed by atoms with Crippen molar-refractivity contribution in [3.05, 3.63) is 124 Å². The van der Waals surface area contributed by atoms with E-state index in [0.717, 1.165) is 11.3 Å². The third kappa shape index (κ3) is 5.89. The molecule has 1 amide bonds. The van der Waals surface area contributed by atoms with Crippen LogP contribution in [0, 0.1) is 0 Å². The second-order valence-corrected chi connectivity index (χ2v) is 8.24. The zero-order valence-corrected chi connectivity index (χ0v) is 19.5. The van der Waals surface area contributed by atoms with Crippen molar-refractivity contribution in [1.29, 1.82) is 0 Å². The van der Waals surface area contributed by atoms with Crippen molar-refractivity contribution in [2.24, 2.45) is 0 Å². The molecule has 1 atom stereocenters. The number of anilines is 2. The van der Waals surface area contributed by atoms with Gasteiger partial charge in [-0.15, -0.1) is 0 Å².